The second-order valence-corrected chi connectivity index (χ2v) is 13.5. The molecule has 0 N–H and O–H groups in total. The molecule has 0 amide bonds. The molecule has 0 aliphatic heterocycles. The van der Waals surface area contributed by atoms with Crippen LogP contribution in [0.25, 0.3) is 0 Å². The normalized spacial score (nSPS) is 12.5. The van der Waals surface area contributed by atoms with E-state index in [2.05, 4.69) is 107 Å². The van der Waals surface area contributed by atoms with Crippen molar-refractivity contribution < 1.29 is 9.22 Å². The minimum Gasteiger partial charge on any atom is -0.407 e. The van der Waals surface area contributed by atoms with Crippen molar-refractivity contribution in [3.8, 4) is 11.8 Å². The Balaban J connectivity index is 2.12. The summed E-state index contributed by atoms with van der Waals surface area (Å²) in [6.07, 6.45) is 4.68. The molecule has 0 aliphatic carbocycles. The van der Waals surface area contributed by atoms with Crippen LogP contribution in [0.3, 0.4) is 0 Å². The van der Waals surface area contributed by atoms with Crippen molar-refractivity contribution in [2.45, 2.75) is 58.4 Å². The van der Waals surface area contributed by atoms with Gasteiger partial charge in [-0.1, -0.05) is 100 Å². The number of hydrogen-bond acceptors (Lipinski definition) is 2. The van der Waals surface area contributed by atoms with Crippen molar-refractivity contribution in [2.24, 2.45) is 5.92 Å². The van der Waals surface area contributed by atoms with Crippen LogP contribution in [0.5, 0.6) is 0 Å². The fourth-order valence-electron chi connectivity index (χ4n) is 4.04. The van der Waals surface area contributed by atoms with E-state index in [0.29, 0.717) is 25.4 Å². The highest BCUT2D eigenvalue weighted by Crippen LogP contribution is 2.36. The van der Waals surface area contributed by atoms with Crippen molar-refractivity contribution in [1.82, 2.24) is 0 Å². The minimum atomic E-state index is -2.49. The third kappa shape index (κ3) is 6.79. The number of rotatable bonds is 10. The van der Waals surface area contributed by atoms with Gasteiger partial charge in [0.1, 0.15) is 0 Å². The molecule has 31 heavy (non-hydrogen) atoms. The topological polar surface area (TPSA) is 26.3 Å². The van der Waals surface area contributed by atoms with Crippen LogP contribution in [0.2, 0.25) is 5.04 Å². The van der Waals surface area contributed by atoms with Gasteiger partial charge in [0, 0.05) is 19.4 Å². The lowest BCUT2D eigenvalue weighted by atomic mass is 10.0. The summed E-state index contributed by atoms with van der Waals surface area (Å²) < 4.78 is 6.84. The maximum absolute atomic E-state index is 12.0. The lowest BCUT2D eigenvalue weighted by Crippen LogP contribution is -2.66. The van der Waals surface area contributed by atoms with Gasteiger partial charge < -0.3 is 4.43 Å². The third-order valence-electron chi connectivity index (χ3n) is 5.51. The molecule has 0 unspecified atom stereocenters. The smallest absolute Gasteiger partial charge is 0.261 e. The first-order valence-corrected chi connectivity index (χ1v) is 13.1. The summed E-state index contributed by atoms with van der Waals surface area (Å²) in [6.45, 7) is 13.2. The van der Waals surface area contributed by atoms with Gasteiger partial charge in [-0.2, -0.15) is 0 Å². The molecule has 2 rings (SSSR count). The molecule has 0 saturated heterocycles. The predicted molar refractivity (Wildman–Crippen MR) is 134 cm³/mol. The first-order chi connectivity index (χ1) is 14.8. The fourth-order valence-corrected chi connectivity index (χ4v) is 8.65. The fraction of sp³-hybridized carbons (Fsp3) is 0.393. The Kier molecular flexibility index (Phi) is 9.49. The average Bonchev–Trinajstić information content (AvgIpc) is 2.74. The molecule has 0 aliphatic rings. The van der Waals surface area contributed by atoms with E-state index in [9.17, 15) is 4.79 Å². The number of carbonyl (C=O) groups excluding carboxylic acids is 1. The van der Waals surface area contributed by atoms with E-state index in [4.69, 9.17) is 4.43 Å². The number of allylic oxidation sites excluding steroid dienone is 1. The molecular weight excluding hydrogens is 396 g/mol. The number of hydrogen-bond donors (Lipinski definition) is 0. The molecule has 0 spiro atoms. The molecular formula is C28H36O2Si. The number of benzene rings is 2. The second-order valence-electron chi connectivity index (χ2n) is 9.17. The van der Waals surface area contributed by atoms with E-state index in [1.165, 1.54) is 10.4 Å². The zero-order valence-electron chi connectivity index (χ0n) is 19.5. The van der Waals surface area contributed by atoms with Crippen LogP contribution in [0.4, 0.5) is 0 Å². The summed E-state index contributed by atoms with van der Waals surface area (Å²) in [5, 5.41) is 2.54. The van der Waals surface area contributed by atoms with Crippen LogP contribution in [0.1, 0.15) is 53.4 Å². The van der Waals surface area contributed by atoms with E-state index in [1.807, 2.05) is 6.08 Å². The standard InChI is InChI=1S/C28H36O2Si/c1-6-16-24(2)23-25(29)17-10-9-15-22-30-31(28(3,4)5,26-18-11-7-12-19-26)27-20-13-8-14-21-27/h6-8,11-14,18-21,24H,1,9,15-16,22-23H2,2-5H3/t24-/m1/s1. The number of unbranched alkanes of at least 4 members (excludes halogenated alkanes) is 1. The molecule has 0 saturated carbocycles. The van der Waals surface area contributed by atoms with Gasteiger partial charge >= 0.3 is 0 Å². The van der Waals surface area contributed by atoms with Crippen LogP contribution in [0.15, 0.2) is 73.3 Å². The summed E-state index contributed by atoms with van der Waals surface area (Å²) in [6, 6.07) is 21.3. The summed E-state index contributed by atoms with van der Waals surface area (Å²) in [7, 11) is -2.49. The van der Waals surface area contributed by atoms with Crippen LogP contribution in [0, 0.1) is 17.8 Å². The van der Waals surface area contributed by atoms with Crippen molar-refractivity contribution >= 4 is 24.5 Å². The zero-order valence-corrected chi connectivity index (χ0v) is 20.5. The molecule has 0 bridgehead atoms. The highest BCUT2D eigenvalue weighted by molar-refractivity contribution is 6.99. The van der Waals surface area contributed by atoms with Gasteiger partial charge in [0.05, 0.1) is 0 Å². The molecule has 3 heteroatoms. The zero-order chi connectivity index (χ0) is 22.7. The van der Waals surface area contributed by atoms with Crippen LogP contribution >= 0.6 is 0 Å². The molecule has 2 nitrogen and oxygen atoms in total. The molecule has 2 aromatic carbocycles. The van der Waals surface area contributed by atoms with Gasteiger partial charge in [-0.05, 0) is 40.1 Å². The lowest BCUT2D eigenvalue weighted by molar-refractivity contribution is -0.114. The van der Waals surface area contributed by atoms with Gasteiger partial charge in [0.15, 0.2) is 0 Å². The Labute approximate surface area is 189 Å². The first-order valence-electron chi connectivity index (χ1n) is 11.2. The highest BCUT2D eigenvalue weighted by atomic mass is 28.4. The van der Waals surface area contributed by atoms with Gasteiger partial charge in [-0.15, -0.1) is 6.58 Å². The Bertz CT molecular complexity index is 846. The van der Waals surface area contributed by atoms with Gasteiger partial charge in [0.2, 0.25) is 5.78 Å². The van der Waals surface area contributed by atoms with Crippen LogP contribution in [-0.4, -0.2) is 20.7 Å². The Hall–Kier alpha value is -2.41. The largest absolute Gasteiger partial charge is 0.407 e. The Morgan fingerprint density at radius 1 is 1.06 bits per heavy atom. The van der Waals surface area contributed by atoms with Gasteiger partial charge in [-0.3, -0.25) is 4.79 Å². The maximum atomic E-state index is 12.0. The quantitative estimate of drug-likeness (QED) is 0.162. The highest BCUT2D eigenvalue weighted by Gasteiger charge is 2.49. The summed E-state index contributed by atoms with van der Waals surface area (Å²) in [4.78, 5) is 12.0. The number of carbonyl (C=O) groups is 1. The Morgan fingerprint density at radius 2 is 1.61 bits per heavy atom. The van der Waals surface area contributed by atoms with Crippen molar-refractivity contribution in [1.29, 1.82) is 0 Å². The lowest BCUT2D eigenvalue weighted by Gasteiger charge is -2.43. The van der Waals surface area contributed by atoms with Crippen LogP contribution in [-0.2, 0) is 9.22 Å². The predicted octanol–water partition coefficient (Wildman–Crippen LogP) is 5.52. The monoisotopic (exact) mass is 432 g/mol. The SMILES string of the molecule is C=CC[C@@H](C)CC(=O)C#CCCCO[Si](c1ccccc1)(c1ccccc1)C(C)(C)C. The molecule has 164 valence electrons. The van der Waals surface area contributed by atoms with Crippen molar-refractivity contribution in [3.63, 3.8) is 0 Å². The molecule has 0 heterocycles. The maximum Gasteiger partial charge on any atom is 0.261 e. The first kappa shape index (κ1) is 24.9. The van der Waals surface area contributed by atoms with Gasteiger partial charge in [-0.25, -0.2) is 0 Å². The summed E-state index contributed by atoms with van der Waals surface area (Å²) in [5.41, 5.74) is 0. The van der Waals surface area contributed by atoms with E-state index in [-0.39, 0.29) is 10.8 Å². The van der Waals surface area contributed by atoms with Crippen molar-refractivity contribution in [2.75, 3.05) is 6.61 Å². The van der Waals surface area contributed by atoms with Gasteiger partial charge in [0.25, 0.3) is 8.32 Å². The van der Waals surface area contributed by atoms with E-state index >= 15 is 0 Å². The number of ketones is 1. The Morgan fingerprint density at radius 3 is 2.10 bits per heavy atom. The minimum absolute atomic E-state index is 0.0160. The molecule has 0 radical (unpaired) electrons. The molecule has 1 atom stereocenters. The molecule has 0 fully saturated rings. The molecule has 0 aromatic heterocycles. The molecule has 2 aromatic rings. The summed E-state index contributed by atoms with van der Waals surface area (Å²) in [5.74, 6) is 6.16. The summed E-state index contributed by atoms with van der Waals surface area (Å²) >= 11 is 0. The average molecular weight is 433 g/mol. The third-order valence-corrected chi connectivity index (χ3v) is 10.6. The van der Waals surface area contributed by atoms with E-state index in [0.717, 1.165) is 12.8 Å². The second kappa shape index (κ2) is 11.8. The van der Waals surface area contributed by atoms with Crippen LogP contribution < -0.4 is 10.4 Å². The van der Waals surface area contributed by atoms with E-state index < -0.39 is 8.32 Å². The van der Waals surface area contributed by atoms with E-state index in [1.54, 1.807) is 0 Å². The number of Topliss-reactive ketones (excluding diaryl/α,β-unsaturated/α-hetero) is 1. The van der Waals surface area contributed by atoms with Crippen molar-refractivity contribution in [3.05, 3.63) is 73.3 Å².